The molecule has 8 nitrogen and oxygen atoms in total. The Morgan fingerprint density at radius 3 is 2.65 bits per heavy atom. The lowest BCUT2D eigenvalue weighted by Gasteiger charge is -2.40. The van der Waals surface area contributed by atoms with Crippen molar-refractivity contribution >= 4 is 11.9 Å². The van der Waals surface area contributed by atoms with E-state index in [0.717, 1.165) is 30.6 Å². The molecule has 0 spiro atoms. The van der Waals surface area contributed by atoms with Crippen LogP contribution < -0.4 is 10.0 Å². The highest BCUT2D eigenvalue weighted by molar-refractivity contribution is 5.93. The van der Waals surface area contributed by atoms with Crippen molar-refractivity contribution in [2.45, 2.75) is 37.6 Å². The second-order valence-corrected chi connectivity index (χ2v) is 8.18. The van der Waals surface area contributed by atoms with Crippen molar-refractivity contribution in [2.24, 2.45) is 0 Å². The van der Waals surface area contributed by atoms with Crippen LogP contribution in [-0.2, 0) is 11.2 Å². The summed E-state index contributed by atoms with van der Waals surface area (Å²) in [4.78, 5) is 18.3. The van der Waals surface area contributed by atoms with E-state index in [-0.39, 0.29) is 36.9 Å². The number of nitrogens with one attached hydrogen (secondary N) is 1. The van der Waals surface area contributed by atoms with Gasteiger partial charge in [0.25, 0.3) is 11.9 Å². The van der Waals surface area contributed by atoms with E-state index in [0.29, 0.717) is 10.3 Å². The van der Waals surface area contributed by atoms with Gasteiger partial charge >= 0.3 is 0 Å². The van der Waals surface area contributed by atoms with E-state index in [9.17, 15) is 27.6 Å². The number of aromatic nitrogens is 3. The number of piperidine rings is 1. The second-order valence-electron chi connectivity index (χ2n) is 8.18. The number of hydrogen-bond acceptors (Lipinski definition) is 6. The molecule has 2 atom stereocenters. The maximum atomic E-state index is 14.6. The van der Waals surface area contributed by atoms with Gasteiger partial charge in [0, 0.05) is 37.7 Å². The molecule has 1 N–H and O–H groups in total. The van der Waals surface area contributed by atoms with Crippen LogP contribution in [0.4, 0.5) is 23.5 Å². The Balaban J connectivity index is 1.40. The third-order valence-corrected chi connectivity index (χ3v) is 5.80. The topological polar surface area (TPSA) is 98.2 Å². The summed E-state index contributed by atoms with van der Waals surface area (Å²) in [6.45, 7) is 1.48. The molecule has 1 aliphatic rings. The van der Waals surface area contributed by atoms with Gasteiger partial charge in [-0.05, 0) is 35.3 Å². The highest BCUT2D eigenvalue weighted by Crippen LogP contribution is 2.40. The fourth-order valence-corrected chi connectivity index (χ4v) is 3.93. The first kappa shape index (κ1) is 23.6. The average Bonchev–Trinajstić information content (AvgIpc) is 3.19. The van der Waals surface area contributed by atoms with Gasteiger partial charge in [0.1, 0.15) is 11.6 Å². The van der Waals surface area contributed by atoms with Gasteiger partial charge in [0.05, 0.1) is 18.4 Å². The number of alkyl halides is 2. The maximum absolute atomic E-state index is 14.6. The molecule has 1 fully saturated rings. The van der Waals surface area contributed by atoms with Gasteiger partial charge in [-0.1, -0.05) is 0 Å². The van der Waals surface area contributed by atoms with Gasteiger partial charge in [0.2, 0.25) is 11.8 Å². The van der Waals surface area contributed by atoms with Crippen molar-refractivity contribution in [1.82, 2.24) is 15.0 Å². The van der Waals surface area contributed by atoms with Crippen LogP contribution in [0.2, 0.25) is 0 Å². The molecule has 0 radical (unpaired) electrons. The van der Waals surface area contributed by atoms with Crippen LogP contribution in [-0.4, -0.2) is 46.0 Å². The zero-order valence-electron chi connectivity index (χ0n) is 18.1. The average molecular weight is 479 g/mol. The normalized spacial score (nSPS) is 19.0. The summed E-state index contributed by atoms with van der Waals surface area (Å²) in [5, 5.41) is 17.4. The zero-order valence-corrected chi connectivity index (χ0v) is 18.1. The summed E-state index contributed by atoms with van der Waals surface area (Å²) < 4.78 is 61.4. The molecular formula is C22H21F4N5O3. The molecule has 3 aromatic rings. The monoisotopic (exact) mass is 479 g/mol. The van der Waals surface area contributed by atoms with Gasteiger partial charge in [-0.15, -0.1) is 0 Å². The third-order valence-electron chi connectivity index (χ3n) is 5.80. The fourth-order valence-electron chi connectivity index (χ4n) is 3.93. The Labute approximate surface area is 191 Å². The van der Waals surface area contributed by atoms with Crippen LogP contribution in [0.5, 0.6) is 0 Å². The first-order valence-corrected chi connectivity index (χ1v) is 10.5. The third kappa shape index (κ3) is 5.33. The van der Waals surface area contributed by atoms with Crippen molar-refractivity contribution in [3.8, 4) is 0 Å². The molecule has 34 heavy (non-hydrogen) atoms. The molecule has 4 rings (SSSR count). The van der Waals surface area contributed by atoms with E-state index in [4.69, 9.17) is 4.52 Å². The molecule has 0 bridgehead atoms. The Morgan fingerprint density at radius 2 is 1.97 bits per heavy atom. The molecule has 1 saturated heterocycles. The smallest absolute Gasteiger partial charge is 0.270 e. The predicted octanol–water partition coefficient (Wildman–Crippen LogP) is 3.02. The Kier molecular flexibility index (Phi) is 6.51. The van der Waals surface area contributed by atoms with Crippen molar-refractivity contribution in [2.75, 3.05) is 18.4 Å². The molecular weight excluding hydrogens is 458 g/mol. The largest absolute Gasteiger partial charge is 0.619 e. The molecule has 0 saturated carbocycles. The molecule has 2 aromatic heterocycles. The number of pyridine rings is 1. The van der Waals surface area contributed by atoms with E-state index < -0.39 is 41.8 Å². The van der Waals surface area contributed by atoms with Crippen LogP contribution >= 0.6 is 0 Å². The number of rotatable bonds is 6. The van der Waals surface area contributed by atoms with Crippen LogP contribution in [0, 0.1) is 16.8 Å². The first-order chi connectivity index (χ1) is 16.1. The highest BCUT2D eigenvalue weighted by Gasteiger charge is 2.46. The van der Waals surface area contributed by atoms with Crippen LogP contribution in [0.3, 0.4) is 0 Å². The number of carbonyl (C=O) groups excluding carboxylic acids is 1. The first-order valence-electron chi connectivity index (χ1n) is 10.5. The number of hydrogen-bond donors (Lipinski definition) is 1. The predicted molar refractivity (Wildman–Crippen MR) is 111 cm³/mol. The molecule has 3 heterocycles. The molecule has 0 unspecified atom stereocenters. The number of amides is 1. The summed E-state index contributed by atoms with van der Waals surface area (Å²) in [5.74, 6) is -6.30. The minimum atomic E-state index is -2.99. The number of likely N-dealkylation sites (tertiary alicyclic amines) is 1. The van der Waals surface area contributed by atoms with Gasteiger partial charge in [-0.3, -0.25) is 15.0 Å². The molecule has 1 amide bonds. The SMILES string of the molecule is C[C@@H](C(=O)Nc1noc(Cc2cc(F)cc(F)c2)n1)N1CCC(F)(F)[C@@H](c2cc[n+]([O-])cc2)C1. The Hall–Kier alpha value is -3.54. The summed E-state index contributed by atoms with van der Waals surface area (Å²) in [6.07, 6.45) is 1.83. The number of halogens is 4. The van der Waals surface area contributed by atoms with Gasteiger partial charge in [0.15, 0.2) is 12.4 Å². The molecule has 1 aliphatic heterocycles. The number of benzene rings is 1. The maximum Gasteiger partial charge on any atom is 0.270 e. The minimum absolute atomic E-state index is 0.00486. The lowest BCUT2D eigenvalue weighted by Crippen LogP contribution is -2.52. The van der Waals surface area contributed by atoms with Crippen LogP contribution in [0.15, 0.2) is 47.2 Å². The molecule has 180 valence electrons. The van der Waals surface area contributed by atoms with Gasteiger partial charge < -0.3 is 9.73 Å². The Morgan fingerprint density at radius 1 is 1.29 bits per heavy atom. The molecule has 12 heteroatoms. The minimum Gasteiger partial charge on any atom is -0.619 e. The number of anilines is 1. The van der Waals surface area contributed by atoms with Crippen molar-refractivity contribution in [3.63, 3.8) is 0 Å². The standard InChI is InChI=1S/C22H21F4N5O3/c1-13(30-7-4-22(25,26)18(12-30)15-2-5-31(33)6-3-15)20(32)28-21-27-19(34-29-21)10-14-8-16(23)11-17(24)9-14/h2-3,5-6,8-9,11,13,18H,4,7,10,12H2,1H3,(H,28,29,32)/t13-,18+/m0/s1. The van der Waals surface area contributed by atoms with Crippen LogP contribution in [0.25, 0.3) is 0 Å². The lowest BCUT2D eigenvalue weighted by molar-refractivity contribution is -0.605. The summed E-state index contributed by atoms with van der Waals surface area (Å²) in [5.41, 5.74) is 0.585. The highest BCUT2D eigenvalue weighted by atomic mass is 19.3. The van der Waals surface area contributed by atoms with Gasteiger partial charge in [-0.25, -0.2) is 17.6 Å². The van der Waals surface area contributed by atoms with E-state index in [1.54, 1.807) is 11.8 Å². The molecule has 1 aromatic carbocycles. The van der Waals surface area contributed by atoms with Crippen molar-refractivity contribution in [1.29, 1.82) is 0 Å². The van der Waals surface area contributed by atoms with E-state index in [1.165, 1.54) is 12.1 Å². The van der Waals surface area contributed by atoms with E-state index in [1.807, 2.05) is 0 Å². The zero-order chi connectivity index (χ0) is 24.5. The van der Waals surface area contributed by atoms with Crippen LogP contribution in [0.1, 0.15) is 36.3 Å². The van der Waals surface area contributed by atoms with E-state index >= 15 is 0 Å². The summed E-state index contributed by atoms with van der Waals surface area (Å²) >= 11 is 0. The second kappa shape index (κ2) is 9.37. The summed E-state index contributed by atoms with van der Waals surface area (Å²) in [6, 6.07) is 4.91. The van der Waals surface area contributed by atoms with Crippen molar-refractivity contribution in [3.05, 3.63) is 76.6 Å². The number of carbonyl (C=O) groups is 1. The quantitative estimate of drug-likeness (QED) is 0.332. The van der Waals surface area contributed by atoms with E-state index in [2.05, 4.69) is 15.5 Å². The lowest BCUT2D eigenvalue weighted by atomic mass is 9.87. The summed E-state index contributed by atoms with van der Waals surface area (Å²) in [7, 11) is 0. The Bertz CT molecular complexity index is 1150. The molecule has 0 aliphatic carbocycles. The number of nitrogens with zero attached hydrogens (tertiary/aromatic N) is 4. The fraction of sp³-hybridized carbons (Fsp3) is 0.364. The van der Waals surface area contributed by atoms with Crippen molar-refractivity contribution < 1.29 is 31.6 Å². The van der Waals surface area contributed by atoms with Gasteiger partial charge in [-0.2, -0.15) is 9.71 Å².